The summed E-state index contributed by atoms with van der Waals surface area (Å²) in [5, 5.41) is 3.25. The minimum absolute atomic E-state index is 0.0151. The van der Waals surface area contributed by atoms with E-state index in [0.29, 0.717) is 25.7 Å². The molecule has 1 amide bonds. The van der Waals surface area contributed by atoms with Crippen molar-refractivity contribution in [2.45, 2.75) is 38.0 Å². The van der Waals surface area contributed by atoms with Gasteiger partial charge < -0.3 is 15.0 Å². The number of nitrogens with one attached hydrogen (secondary N) is 1. The van der Waals surface area contributed by atoms with Crippen LogP contribution in [0.15, 0.2) is 24.3 Å². The number of carbonyl (C=O) groups excluding carboxylic acids is 1. The summed E-state index contributed by atoms with van der Waals surface area (Å²) in [6.07, 6.45) is 2.15. The minimum atomic E-state index is -0.260. The molecular formula is C16H21FN2O2. The van der Waals surface area contributed by atoms with E-state index in [0.717, 1.165) is 5.56 Å². The van der Waals surface area contributed by atoms with Crippen LogP contribution in [0.5, 0.6) is 0 Å². The van der Waals surface area contributed by atoms with Crippen LogP contribution in [0.3, 0.4) is 0 Å². The summed E-state index contributed by atoms with van der Waals surface area (Å²) >= 11 is 0. The molecule has 5 heteroatoms. The van der Waals surface area contributed by atoms with E-state index in [2.05, 4.69) is 5.32 Å². The number of morpholine rings is 1. The topological polar surface area (TPSA) is 41.6 Å². The number of halogens is 1. The highest BCUT2D eigenvalue weighted by Crippen LogP contribution is 2.25. The molecule has 0 unspecified atom stereocenters. The molecule has 1 saturated carbocycles. The van der Waals surface area contributed by atoms with Crippen LogP contribution in [-0.2, 0) is 9.53 Å². The number of amides is 1. The molecule has 0 aromatic heterocycles. The van der Waals surface area contributed by atoms with Gasteiger partial charge in [-0.3, -0.25) is 4.79 Å². The van der Waals surface area contributed by atoms with E-state index in [-0.39, 0.29) is 23.9 Å². The van der Waals surface area contributed by atoms with E-state index in [4.69, 9.17) is 4.74 Å². The van der Waals surface area contributed by atoms with Crippen molar-refractivity contribution in [3.05, 3.63) is 35.6 Å². The van der Waals surface area contributed by atoms with Crippen molar-refractivity contribution in [2.75, 3.05) is 19.6 Å². The molecule has 1 aliphatic carbocycles. The molecule has 0 spiro atoms. The van der Waals surface area contributed by atoms with E-state index in [1.807, 2.05) is 11.8 Å². The molecule has 2 fully saturated rings. The van der Waals surface area contributed by atoms with Crippen molar-refractivity contribution in [2.24, 2.45) is 0 Å². The third-order valence-corrected chi connectivity index (χ3v) is 3.97. The Balaban J connectivity index is 1.62. The van der Waals surface area contributed by atoms with Crippen LogP contribution in [0.4, 0.5) is 4.39 Å². The van der Waals surface area contributed by atoms with Gasteiger partial charge in [0.1, 0.15) is 11.9 Å². The van der Waals surface area contributed by atoms with Gasteiger partial charge in [-0.1, -0.05) is 12.1 Å². The van der Waals surface area contributed by atoms with Crippen LogP contribution < -0.4 is 5.32 Å². The van der Waals surface area contributed by atoms with Crippen LogP contribution in [0.2, 0.25) is 0 Å². The maximum Gasteiger partial charge on any atom is 0.236 e. The lowest BCUT2D eigenvalue weighted by molar-refractivity contribution is -0.144. The van der Waals surface area contributed by atoms with Crippen LogP contribution in [0, 0.1) is 5.82 Å². The molecule has 4 nitrogen and oxygen atoms in total. The van der Waals surface area contributed by atoms with E-state index in [1.54, 1.807) is 12.1 Å². The Hall–Kier alpha value is -1.46. The number of benzene rings is 1. The highest BCUT2D eigenvalue weighted by Gasteiger charge is 2.30. The molecule has 3 rings (SSSR count). The van der Waals surface area contributed by atoms with Gasteiger partial charge in [0, 0.05) is 12.6 Å². The van der Waals surface area contributed by atoms with Crippen LogP contribution in [0.1, 0.15) is 31.4 Å². The van der Waals surface area contributed by atoms with Gasteiger partial charge >= 0.3 is 0 Å². The Morgan fingerprint density at radius 2 is 2.05 bits per heavy atom. The van der Waals surface area contributed by atoms with Gasteiger partial charge in [-0.05, 0) is 37.5 Å². The predicted octanol–water partition coefficient (Wildman–Crippen LogP) is 1.87. The average molecular weight is 292 g/mol. The fourth-order valence-electron chi connectivity index (χ4n) is 2.65. The standard InChI is InChI=1S/C16H21FN2O2/c1-11-9-19(16(20)8-18-14-6-7-14)10-15(21-11)12-2-4-13(17)5-3-12/h2-5,11,14-15,18H,6-10H2,1H3/t11-,15-/m1/s1. The maximum absolute atomic E-state index is 13.0. The molecule has 1 aromatic rings. The first-order valence-corrected chi connectivity index (χ1v) is 7.54. The summed E-state index contributed by atoms with van der Waals surface area (Å²) in [6.45, 7) is 3.50. The fourth-order valence-corrected chi connectivity index (χ4v) is 2.65. The molecule has 2 aliphatic rings. The molecule has 0 radical (unpaired) electrons. The molecule has 114 valence electrons. The number of hydrogen-bond acceptors (Lipinski definition) is 3. The molecular weight excluding hydrogens is 271 g/mol. The Morgan fingerprint density at radius 3 is 2.71 bits per heavy atom. The lowest BCUT2D eigenvalue weighted by Crippen LogP contribution is -2.48. The smallest absolute Gasteiger partial charge is 0.236 e. The van der Waals surface area contributed by atoms with Crippen molar-refractivity contribution in [1.82, 2.24) is 10.2 Å². The number of rotatable bonds is 4. The first-order chi connectivity index (χ1) is 10.1. The van der Waals surface area contributed by atoms with Crippen molar-refractivity contribution in [3.8, 4) is 0 Å². The van der Waals surface area contributed by atoms with Gasteiger partial charge in [0.15, 0.2) is 0 Å². The van der Waals surface area contributed by atoms with Crippen molar-refractivity contribution in [1.29, 1.82) is 0 Å². The summed E-state index contributed by atoms with van der Waals surface area (Å²) in [7, 11) is 0. The second-order valence-corrected chi connectivity index (χ2v) is 5.94. The summed E-state index contributed by atoms with van der Waals surface area (Å²) in [4.78, 5) is 14.1. The monoisotopic (exact) mass is 292 g/mol. The first kappa shape index (κ1) is 14.5. The van der Waals surface area contributed by atoms with E-state index in [9.17, 15) is 9.18 Å². The minimum Gasteiger partial charge on any atom is -0.367 e. The third-order valence-electron chi connectivity index (χ3n) is 3.97. The van der Waals surface area contributed by atoms with E-state index in [1.165, 1.54) is 25.0 Å². The lowest BCUT2D eigenvalue weighted by atomic mass is 10.1. The van der Waals surface area contributed by atoms with Crippen molar-refractivity contribution in [3.63, 3.8) is 0 Å². The summed E-state index contributed by atoms with van der Waals surface area (Å²) in [5.41, 5.74) is 0.913. The quantitative estimate of drug-likeness (QED) is 0.921. The Labute approximate surface area is 124 Å². The second kappa shape index (κ2) is 6.12. The summed E-state index contributed by atoms with van der Waals surface area (Å²) < 4.78 is 18.9. The Morgan fingerprint density at radius 1 is 1.33 bits per heavy atom. The molecule has 1 saturated heterocycles. The van der Waals surface area contributed by atoms with E-state index >= 15 is 0 Å². The first-order valence-electron chi connectivity index (χ1n) is 7.54. The second-order valence-electron chi connectivity index (χ2n) is 5.94. The number of hydrogen-bond donors (Lipinski definition) is 1. The van der Waals surface area contributed by atoms with Gasteiger partial charge in [-0.2, -0.15) is 0 Å². The fraction of sp³-hybridized carbons (Fsp3) is 0.562. The van der Waals surface area contributed by atoms with Crippen LogP contribution in [0.25, 0.3) is 0 Å². The number of ether oxygens (including phenoxy) is 1. The molecule has 1 aromatic carbocycles. The zero-order valence-corrected chi connectivity index (χ0v) is 12.2. The summed E-state index contributed by atoms with van der Waals surface area (Å²) in [5.74, 6) is -0.145. The molecule has 2 atom stereocenters. The van der Waals surface area contributed by atoms with Gasteiger partial charge in [-0.15, -0.1) is 0 Å². The molecule has 1 N–H and O–H groups in total. The highest BCUT2D eigenvalue weighted by atomic mass is 19.1. The van der Waals surface area contributed by atoms with Crippen LogP contribution >= 0.6 is 0 Å². The van der Waals surface area contributed by atoms with Crippen LogP contribution in [-0.4, -0.2) is 42.6 Å². The number of nitrogens with zero attached hydrogens (tertiary/aromatic N) is 1. The normalized spacial score (nSPS) is 25.9. The van der Waals surface area contributed by atoms with Crippen molar-refractivity contribution < 1.29 is 13.9 Å². The molecule has 1 heterocycles. The zero-order valence-electron chi connectivity index (χ0n) is 12.2. The predicted molar refractivity (Wildman–Crippen MR) is 77.3 cm³/mol. The SMILES string of the molecule is C[C@@H]1CN(C(=O)CNC2CC2)C[C@H](c2ccc(F)cc2)O1. The Bertz CT molecular complexity index is 502. The summed E-state index contributed by atoms with van der Waals surface area (Å²) in [6, 6.07) is 6.84. The van der Waals surface area contributed by atoms with Crippen molar-refractivity contribution >= 4 is 5.91 Å². The van der Waals surface area contributed by atoms with Gasteiger partial charge in [-0.25, -0.2) is 4.39 Å². The maximum atomic E-state index is 13.0. The average Bonchev–Trinajstić information content (AvgIpc) is 3.29. The van der Waals surface area contributed by atoms with Gasteiger partial charge in [0.25, 0.3) is 0 Å². The molecule has 0 bridgehead atoms. The third kappa shape index (κ3) is 3.80. The highest BCUT2D eigenvalue weighted by molar-refractivity contribution is 5.78. The largest absolute Gasteiger partial charge is 0.367 e. The molecule has 1 aliphatic heterocycles. The van der Waals surface area contributed by atoms with Gasteiger partial charge in [0.05, 0.1) is 19.2 Å². The zero-order chi connectivity index (χ0) is 14.8. The van der Waals surface area contributed by atoms with Gasteiger partial charge in [0.2, 0.25) is 5.91 Å². The molecule has 21 heavy (non-hydrogen) atoms. The Kier molecular flexibility index (Phi) is 4.22. The van der Waals surface area contributed by atoms with E-state index < -0.39 is 0 Å². The number of carbonyl (C=O) groups is 1. The lowest BCUT2D eigenvalue weighted by Gasteiger charge is -2.37.